The SMILES string of the molecule is O=C(O)c1noc(CCC2CCCNC2)n1. The summed E-state index contributed by atoms with van der Waals surface area (Å²) in [7, 11) is 0. The number of nitrogens with zero attached hydrogens (tertiary/aromatic N) is 2. The van der Waals surface area contributed by atoms with Gasteiger partial charge >= 0.3 is 5.97 Å². The fourth-order valence-electron chi connectivity index (χ4n) is 1.94. The Labute approximate surface area is 93.0 Å². The lowest BCUT2D eigenvalue weighted by atomic mass is 9.95. The molecular weight excluding hydrogens is 210 g/mol. The maximum absolute atomic E-state index is 10.5. The molecule has 2 N–H and O–H groups in total. The van der Waals surface area contributed by atoms with Gasteiger partial charge in [-0.05, 0) is 43.4 Å². The molecule has 6 heteroatoms. The molecule has 1 aliphatic rings. The number of carbonyl (C=O) groups is 1. The van der Waals surface area contributed by atoms with Crippen LogP contribution in [-0.2, 0) is 6.42 Å². The summed E-state index contributed by atoms with van der Waals surface area (Å²) in [6.07, 6.45) is 4.04. The number of aromatic carboxylic acids is 1. The summed E-state index contributed by atoms with van der Waals surface area (Å²) in [6.45, 7) is 2.13. The van der Waals surface area contributed by atoms with E-state index in [-0.39, 0.29) is 5.82 Å². The molecule has 1 unspecified atom stereocenters. The predicted molar refractivity (Wildman–Crippen MR) is 55.2 cm³/mol. The van der Waals surface area contributed by atoms with E-state index in [2.05, 4.69) is 15.5 Å². The number of aromatic nitrogens is 2. The highest BCUT2D eigenvalue weighted by molar-refractivity contribution is 5.82. The topological polar surface area (TPSA) is 88.2 Å². The van der Waals surface area contributed by atoms with Gasteiger partial charge in [0.25, 0.3) is 5.82 Å². The number of nitrogens with one attached hydrogen (secondary N) is 1. The Morgan fingerprint density at radius 3 is 3.12 bits per heavy atom. The number of carboxylic acids is 1. The van der Waals surface area contributed by atoms with Crippen LogP contribution in [0, 0.1) is 5.92 Å². The Morgan fingerprint density at radius 1 is 1.62 bits per heavy atom. The van der Waals surface area contributed by atoms with Crippen molar-refractivity contribution < 1.29 is 14.4 Å². The van der Waals surface area contributed by atoms with Crippen LogP contribution in [0.2, 0.25) is 0 Å². The van der Waals surface area contributed by atoms with Gasteiger partial charge in [0.05, 0.1) is 0 Å². The van der Waals surface area contributed by atoms with E-state index >= 15 is 0 Å². The van der Waals surface area contributed by atoms with Gasteiger partial charge in [0.1, 0.15) is 0 Å². The molecule has 0 spiro atoms. The highest BCUT2D eigenvalue weighted by Crippen LogP contribution is 2.16. The van der Waals surface area contributed by atoms with Crippen molar-refractivity contribution in [2.75, 3.05) is 13.1 Å². The van der Waals surface area contributed by atoms with Crippen molar-refractivity contribution in [1.29, 1.82) is 0 Å². The number of rotatable bonds is 4. The van der Waals surface area contributed by atoms with E-state index in [1.54, 1.807) is 0 Å². The Kier molecular flexibility index (Phi) is 3.51. The van der Waals surface area contributed by atoms with Gasteiger partial charge in [-0.2, -0.15) is 4.98 Å². The second-order valence-corrected chi connectivity index (χ2v) is 4.07. The molecule has 1 saturated heterocycles. The quantitative estimate of drug-likeness (QED) is 0.784. The summed E-state index contributed by atoms with van der Waals surface area (Å²) in [4.78, 5) is 14.3. The van der Waals surface area contributed by atoms with Crippen molar-refractivity contribution in [2.45, 2.75) is 25.7 Å². The van der Waals surface area contributed by atoms with Crippen molar-refractivity contribution in [1.82, 2.24) is 15.5 Å². The molecule has 2 rings (SSSR count). The second-order valence-electron chi connectivity index (χ2n) is 4.07. The maximum atomic E-state index is 10.5. The van der Waals surface area contributed by atoms with Gasteiger partial charge in [-0.1, -0.05) is 0 Å². The van der Waals surface area contributed by atoms with E-state index in [4.69, 9.17) is 9.63 Å². The Balaban J connectivity index is 1.81. The smallest absolute Gasteiger partial charge is 0.377 e. The minimum Gasteiger partial charge on any atom is -0.475 e. The van der Waals surface area contributed by atoms with Crippen LogP contribution in [0.4, 0.5) is 0 Å². The normalized spacial score (nSPS) is 20.9. The van der Waals surface area contributed by atoms with Crippen molar-refractivity contribution in [3.05, 3.63) is 11.7 Å². The first-order valence-corrected chi connectivity index (χ1v) is 5.52. The van der Waals surface area contributed by atoms with Gasteiger partial charge in [-0.3, -0.25) is 0 Å². The molecule has 16 heavy (non-hydrogen) atoms. The zero-order valence-corrected chi connectivity index (χ0v) is 8.98. The molecule has 2 heterocycles. The average Bonchev–Trinajstić information content (AvgIpc) is 2.76. The van der Waals surface area contributed by atoms with Crippen LogP contribution in [0.5, 0.6) is 0 Å². The third kappa shape index (κ3) is 2.79. The van der Waals surface area contributed by atoms with Crippen molar-refractivity contribution in [2.24, 2.45) is 5.92 Å². The molecule has 0 bridgehead atoms. The molecule has 1 aliphatic heterocycles. The van der Waals surface area contributed by atoms with E-state index in [1.807, 2.05) is 0 Å². The largest absolute Gasteiger partial charge is 0.475 e. The van der Waals surface area contributed by atoms with E-state index in [0.717, 1.165) is 19.5 Å². The van der Waals surface area contributed by atoms with Crippen molar-refractivity contribution in [3.8, 4) is 0 Å². The Morgan fingerprint density at radius 2 is 2.50 bits per heavy atom. The third-order valence-corrected chi connectivity index (χ3v) is 2.82. The number of piperidine rings is 1. The monoisotopic (exact) mass is 225 g/mol. The molecule has 0 aromatic carbocycles. The molecule has 1 atom stereocenters. The highest BCUT2D eigenvalue weighted by Gasteiger charge is 2.16. The summed E-state index contributed by atoms with van der Waals surface area (Å²) in [6, 6.07) is 0. The number of hydrogen-bond acceptors (Lipinski definition) is 5. The standard InChI is InChI=1S/C10H15N3O3/c14-10(15)9-12-8(16-13-9)4-3-7-2-1-5-11-6-7/h7,11H,1-6H2,(H,14,15). The first-order valence-electron chi connectivity index (χ1n) is 5.52. The van der Waals surface area contributed by atoms with Gasteiger partial charge in [0.2, 0.25) is 5.89 Å². The lowest BCUT2D eigenvalue weighted by Crippen LogP contribution is -2.29. The summed E-state index contributed by atoms with van der Waals surface area (Å²) in [5.74, 6) is -0.344. The zero-order valence-electron chi connectivity index (χ0n) is 8.98. The minimum absolute atomic E-state index is 0.253. The van der Waals surface area contributed by atoms with Crippen LogP contribution in [0.3, 0.4) is 0 Å². The van der Waals surface area contributed by atoms with Crippen molar-refractivity contribution in [3.63, 3.8) is 0 Å². The third-order valence-electron chi connectivity index (χ3n) is 2.82. The minimum atomic E-state index is -1.14. The molecule has 0 amide bonds. The molecule has 1 aromatic heterocycles. The lowest BCUT2D eigenvalue weighted by Gasteiger charge is -2.21. The van der Waals surface area contributed by atoms with Gasteiger partial charge in [-0.25, -0.2) is 4.79 Å². The van der Waals surface area contributed by atoms with Crippen LogP contribution in [0.25, 0.3) is 0 Å². The number of carboxylic acid groups (broad SMARTS) is 1. The molecule has 0 saturated carbocycles. The van der Waals surface area contributed by atoms with Crippen LogP contribution in [0.1, 0.15) is 35.8 Å². The van der Waals surface area contributed by atoms with E-state index < -0.39 is 5.97 Å². The van der Waals surface area contributed by atoms with Crippen LogP contribution in [0.15, 0.2) is 4.52 Å². The summed E-state index contributed by atoms with van der Waals surface area (Å²) in [5.41, 5.74) is 0. The molecule has 1 fully saturated rings. The van der Waals surface area contributed by atoms with E-state index in [9.17, 15) is 4.79 Å². The lowest BCUT2D eigenvalue weighted by molar-refractivity contribution is 0.0680. The first kappa shape index (κ1) is 11.1. The fourth-order valence-corrected chi connectivity index (χ4v) is 1.94. The van der Waals surface area contributed by atoms with Crippen LogP contribution >= 0.6 is 0 Å². The van der Waals surface area contributed by atoms with Gasteiger partial charge in [-0.15, -0.1) is 0 Å². The molecule has 0 radical (unpaired) electrons. The Bertz CT molecular complexity index is 358. The van der Waals surface area contributed by atoms with Crippen LogP contribution in [-0.4, -0.2) is 34.3 Å². The van der Waals surface area contributed by atoms with Crippen LogP contribution < -0.4 is 5.32 Å². The highest BCUT2D eigenvalue weighted by atomic mass is 16.5. The maximum Gasteiger partial charge on any atom is 0.377 e. The van der Waals surface area contributed by atoms with Gasteiger partial charge in [0, 0.05) is 6.42 Å². The van der Waals surface area contributed by atoms with E-state index in [0.29, 0.717) is 18.2 Å². The first-order chi connectivity index (χ1) is 7.75. The average molecular weight is 225 g/mol. The van der Waals surface area contributed by atoms with E-state index in [1.165, 1.54) is 12.8 Å². The molecular formula is C10H15N3O3. The van der Waals surface area contributed by atoms with Gasteiger partial charge < -0.3 is 14.9 Å². The second kappa shape index (κ2) is 5.07. The summed E-state index contributed by atoms with van der Waals surface area (Å²) in [5, 5.41) is 15.3. The molecule has 0 aliphatic carbocycles. The molecule has 1 aromatic rings. The zero-order chi connectivity index (χ0) is 11.4. The Hall–Kier alpha value is -1.43. The summed E-state index contributed by atoms with van der Waals surface area (Å²) >= 11 is 0. The molecule has 6 nitrogen and oxygen atoms in total. The van der Waals surface area contributed by atoms with Crippen molar-refractivity contribution >= 4 is 5.97 Å². The fraction of sp³-hybridized carbons (Fsp3) is 0.700. The van der Waals surface area contributed by atoms with Gasteiger partial charge in [0.15, 0.2) is 0 Å². The summed E-state index contributed by atoms with van der Waals surface area (Å²) < 4.78 is 4.85. The molecule has 88 valence electrons. The number of hydrogen-bond donors (Lipinski definition) is 2. The predicted octanol–water partition coefficient (Wildman–Crippen LogP) is 0.700. The number of aryl methyl sites for hydroxylation is 1.